The number of hydrogen-bond donors (Lipinski definition) is 1. The maximum Gasteiger partial charge on any atom is 0.226 e. The van der Waals surface area contributed by atoms with E-state index in [2.05, 4.69) is 51.3 Å². The number of halogens is 1. The van der Waals surface area contributed by atoms with E-state index < -0.39 is 0 Å². The molecular weight excluding hydrogens is 440 g/mol. The maximum atomic E-state index is 12.0. The van der Waals surface area contributed by atoms with E-state index >= 15 is 0 Å². The molecule has 1 atom stereocenters. The van der Waals surface area contributed by atoms with Crippen LogP contribution >= 0.6 is 15.9 Å². The number of carbonyl (C=O) groups is 1. The summed E-state index contributed by atoms with van der Waals surface area (Å²) in [7, 11) is 0. The van der Waals surface area contributed by atoms with Gasteiger partial charge in [0.15, 0.2) is 0 Å². The number of piperidine rings is 1. The lowest BCUT2D eigenvalue weighted by molar-refractivity contribution is -0.118. The summed E-state index contributed by atoms with van der Waals surface area (Å²) in [5.41, 5.74) is 2.24. The van der Waals surface area contributed by atoms with Gasteiger partial charge in [0.2, 0.25) is 5.91 Å². The highest BCUT2D eigenvalue weighted by Crippen LogP contribution is 2.30. The van der Waals surface area contributed by atoms with Crippen molar-refractivity contribution in [1.82, 2.24) is 4.90 Å². The molecule has 5 heteroatoms. The van der Waals surface area contributed by atoms with E-state index in [0.717, 1.165) is 55.0 Å². The number of likely N-dealkylation sites (tertiary alicyclic amines) is 1. The number of hydrogen-bond acceptors (Lipinski definition) is 3. The SMILES string of the molecule is CC(C)C(=O)Nc1cccc(C2CCN(C[C@H](C)COc3cccc(Br)c3)CC2)c1. The third kappa shape index (κ3) is 6.85. The molecule has 1 fully saturated rings. The molecule has 1 amide bonds. The first kappa shape index (κ1) is 22.8. The number of carbonyl (C=O) groups excluding carboxylic acids is 1. The first-order chi connectivity index (χ1) is 14.4. The number of amides is 1. The Bertz CT molecular complexity index is 831. The largest absolute Gasteiger partial charge is 0.493 e. The summed E-state index contributed by atoms with van der Waals surface area (Å²) in [6.45, 7) is 10.1. The quantitative estimate of drug-likeness (QED) is 0.516. The highest BCUT2D eigenvalue weighted by molar-refractivity contribution is 9.10. The van der Waals surface area contributed by atoms with Gasteiger partial charge >= 0.3 is 0 Å². The van der Waals surface area contributed by atoms with Gasteiger partial charge in [-0.25, -0.2) is 0 Å². The summed E-state index contributed by atoms with van der Waals surface area (Å²) in [4.78, 5) is 14.5. The molecule has 1 heterocycles. The van der Waals surface area contributed by atoms with Crippen LogP contribution < -0.4 is 10.1 Å². The Hall–Kier alpha value is -1.85. The van der Waals surface area contributed by atoms with Crippen molar-refractivity contribution in [3.8, 4) is 5.75 Å². The van der Waals surface area contributed by atoms with E-state index in [-0.39, 0.29) is 11.8 Å². The van der Waals surface area contributed by atoms with Crippen LogP contribution in [0.2, 0.25) is 0 Å². The lowest BCUT2D eigenvalue weighted by Gasteiger charge is -2.33. The smallest absolute Gasteiger partial charge is 0.226 e. The highest BCUT2D eigenvalue weighted by Gasteiger charge is 2.22. The van der Waals surface area contributed by atoms with Crippen LogP contribution in [0.1, 0.15) is 45.1 Å². The Balaban J connectivity index is 1.45. The molecule has 1 saturated heterocycles. The molecule has 0 spiro atoms. The Labute approximate surface area is 189 Å². The van der Waals surface area contributed by atoms with Gasteiger partial charge in [0, 0.05) is 28.5 Å². The zero-order valence-corrected chi connectivity index (χ0v) is 19.8. The minimum Gasteiger partial charge on any atom is -0.493 e. The van der Waals surface area contributed by atoms with Crippen molar-refractivity contribution < 1.29 is 9.53 Å². The number of nitrogens with one attached hydrogen (secondary N) is 1. The lowest BCUT2D eigenvalue weighted by Crippen LogP contribution is -2.37. The molecule has 1 aliphatic heterocycles. The fraction of sp³-hybridized carbons (Fsp3) is 0.480. The van der Waals surface area contributed by atoms with Crippen molar-refractivity contribution in [2.75, 3.05) is 31.6 Å². The first-order valence-corrected chi connectivity index (χ1v) is 11.7. The Morgan fingerprint density at radius 2 is 1.87 bits per heavy atom. The Kier molecular flexibility index (Phi) is 8.34. The van der Waals surface area contributed by atoms with Crippen LogP contribution in [0.3, 0.4) is 0 Å². The molecule has 0 bridgehead atoms. The second kappa shape index (κ2) is 11.0. The number of ether oxygens (including phenoxy) is 1. The molecule has 0 aromatic heterocycles. The van der Waals surface area contributed by atoms with Gasteiger partial charge < -0.3 is 15.0 Å². The van der Waals surface area contributed by atoms with Crippen LogP contribution in [0.4, 0.5) is 5.69 Å². The predicted molar refractivity (Wildman–Crippen MR) is 127 cm³/mol. The van der Waals surface area contributed by atoms with Crippen molar-refractivity contribution in [1.29, 1.82) is 0 Å². The number of rotatable bonds is 8. The molecule has 1 aliphatic rings. The molecule has 3 rings (SSSR count). The lowest BCUT2D eigenvalue weighted by atomic mass is 9.89. The summed E-state index contributed by atoms with van der Waals surface area (Å²) < 4.78 is 7.00. The molecule has 0 saturated carbocycles. The molecule has 2 aromatic rings. The summed E-state index contributed by atoms with van der Waals surface area (Å²) >= 11 is 3.49. The Morgan fingerprint density at radius 1 is 1.13 bits per heavy atom. The molecular formula is C25H33BrN2O2. The van der Waals surface area contributed by atoms with E-state index in [4.69, 9.17) is 4.74 Å². The van der Waals surface area contributed by atoms with Gasteiger partial charge in [-0.2, -0.15) is 0 Å². The van der Waals surface area contributed by atoms with Crippen molar-refractivity contribution in [2.45, 2.75) is 39.5 Å². The summed E-state index contributed by atoms with van der Waals surface area (Å²) in [6.07, 6.45) is 2.31. The van der Waals surface area contributed by atoms with Crippen molar-refractivity contribution in [2.24, 2.45) is 11.8 Å². The van der Waals surface area contributed by atoms with Gasteiger partial charge in [-0.3, -0.25) is 4.79 Å². The fourth-order valence-corrected chi connectivity index (χ4v) is 4.27. The highest BCUT2D eigenvalue weighted by atomic mass is 79.9. The Morgan fingerprint density at radius 3 is 2.57 bits per heavy atom. The van der Waals surface area contributed by atoms with Gasteiger partial charge in [0.05, 0.1) is 6.61 Å². The summed E-state index contributed by atoms with van der Waals surface area (Å²) in [6, 6.07) is 16.4. The standard InChI is InChI=1S/C25H33BrN2O2/c1-18(2)25(29)27-23-8-4-6-21(14-23)20-10-12-28(13-11-20)16-19(3)17-30-24-9-5-7-22(26)15-24/h4-9,14-15,18-20H,10-13,16-17H2,1-3H3,(H,27,29)/t19-/m0/s1. The third-order valence-electron chi connectivity index (χ3n) is 5.64. The normalized spacial score (nSPS) is 16.4. The van der Waals surface area contributed by atoms with E-state index in [1.54, 1.807) is 0 Å². The zero-order valence-electron chi connectivity index (χ0n) is 18.2. The molecule has 4 nitrogen and oxygen atoms in total. The van der Waals surface area contributed by atoms with E-state index in [1.807, 2.05) is 44.2 Å². The average Bonchev–Trinajstić information content (AvgIpc) is 2.73. The van der Waals surface area contributed by atoms with E-state index in [0.29, 0.717) is 11.8 Å². The maximum absolute atomic E-state index is 12.0. The topological polar surface area (TPSA) is 41.6 Å². The van der Waals surface area contributed by atoms with Gasteiger partial charge in [-0.1, -0.05) is 54.9 Å². The van der Waals surface area contributed by atoms with Crippen LogP contribution in [0.25, 0.3) is 0 Å². The predicted octanol–water partition coefficient (Wildman–Crippen LogP) is 5.94. The second-order valence-corrected chi connectivity index (χ2v) is 9.63. The molecule has 30 heavy (non-hydrogen) atoms. The average molecular weight is 473 g/mol. The van der Waals surface area contributed by atoms with Crippen LogP contribution in [-0.4, -0.2) is 37.0 Å². The van der Waals surface area contributed by atoms with Crippen molar-refractivity contribution in [3.05, 3.63) is 58.6 Å². The molecule has 162 valence electrons. The molecule has 0 radical (unpaired) electrons. The first-order valence-electron chi connectivity index (χ1n) is 10.9. The summed E-state index contributed by atoms with van der Waals surface area (Å²) in [5.74, 6) is 2.02. The number of nitrogens with zero attached hydrogens (tertiary/aromatic N) is 1. The minimum absolute atomic E-state index is 0.00808. The molecule has 1 N–H and O–H groups in total. The van der Waals surface area contributed by atoms with Crippen molar-refractivity contribution in [3.63, 3.8) is 0 Å². The molecule has 2 aromatic carbocycles. The van der Waals surface area contributed by atoms with Gasteiger partial charge in [0.25, 0.3) is 0 Å². The van der Waals surface area contributed by atoms with Crippen LogP contribution in [0.5, 0.6) is 5.75 Å². The second-order valence-electron chi connectivity index (χ2n) is 8.72. The zero-order chi connectivity index (χ0) is 21.5. The van der Waals surface area contributed by atoms with Crippen molar-refractivity contribution >= 4 is 27.5 Å². The molecule has 0 aliphatic carbocycles. The summed E-state index contributed by atoms with van der Waals surface area (Å²) in [5, 5.41) is 3.02. The van der Waals surface area contributed by atoms with Crippen LogP contribution in [0.15, 0.2) is 53.0 Å². The third-order valence-corrected chi connectivity index (χ3v) is 6.13. The van der Waals surface area contributed by atoms with E-state index in [9.17, 15) is 4.79 Å². The van der Waals surface area contributed by atoms with Crippen LogP contribution in [0, 0.1) is 11.8 Å². The van der Waals surface area contributed by atoms with Gasteiger partial charge in [0.1, 0.15) is 5.75 Å². The monoisotopic (exact) mass is 472 g/mol. The number of benzene rings is 2. The van der Waals surface area contributed by atoms with Gasteiger partial charge in [-0.15, -0.1) is 0 Å². The number of anilines is 1. The minimum atomic E-state index is -0.00808. The molecule has 0 unspecified atom stereocenters. The fourth-order valence-electron chi connectivity index (χ4n) is 3.89. The van der Waals surface area contributed by atoms with E-state index in [1.165, 1.54) is 5.56 Å². The van der Waals surface area contributed by atoms with Crippen LogP contribution in [-0.2, 0) is 4.79 Å². The van der Waals surface area contributed by atoms with Gasteiger partial charge in [-0.05, 0) is 67.7 Å².